The molecular weight excluding hydrogens is 312 g/mol. The van der Waals surface area contributed by atoms with Crippen LogP contribution in [0.15, 0.2) is 30.3 Å². The summed E-state index contributed by atoms with van der Waals surface area (Å²) in [6.45, 7) is 1.34. The van der Waals surface area contributed by atoms with Crippen LogP contribution in [-0.2, 0) is 16.0 Å². The molecule has 8 heteroatoms. The molecule has 1 rings (SSSR count). The standard InChI is InChI=1S/C14H22FNO5P/c1-22(20)13(15)7-11(17)14(19)12(18)8-16-21-9-10-5-3-2-4-6-10/h2-6,11-14,16-19H,7-9H2,1H3/q+1/t11-,12+,13?,14-/m1/s1. The number of hydroxylamine groups is 1. The minimum absolute atomic E-state index is 0.139. The number of aliphatic hydroxyl groups excluding tert-OH is 3. The summed E-state index contributed by atoms with van der Waals surface area (Å²) in [7, 11) is -2.09. The molecule has 0 saturated carbocycles. The molecule has 0 bridgehead atoms. The molecule has 22 heavy (non-hydrogen) atoms. The van der Waals surface area contributed by atoms with Gasteiger partial charge in [-0.05, 0) is 5.56 Å². The highest BCUT2D eigenvalue weighted by molar-refractivity contribution is 7.44. The van der Waals surface area contributed by atoms with Crippen molar-refractivity contribution >= 4 is 7.80 Å². The summed E-state index contributed by atoms with van der Waals surface area (Å²) >= 11 is 0. The molecule has 0 aliphatic rings. The van der Waals surface area contributed by atoms with Gasteiger partial charge in [-0.25, -0.2) is 0 Å². The Morgan fingerprint density at radius 1 is 1.23 bits per heavy atom. The lowest BCUT2D eigenvalue weighted by Crippen LogP contribution is -2.43. The predicted octanol–water partition coefficient (Wildman–Crippen LogP) is 0.933. The van der Waals surface area contributed by atoms with Crippen LogP contribution in [0.3, 0.4) is 0 Å². The molecule has 0 heterocycles. The van der Waals surface area contributed by atoms with Crippen LogP contribution in [0, 0.1) is 0 Å². The van der Waals surface area contributed by atoms with E-state index in [0.29, 0.717) is 0 Å². The van der Waals surface area contributed by atoms with Crippen molar-refractivity contribution in [3.63, 3.8) is 0 Å². The van der Waals surface area contributed by atoms with E-state index in [1.807, 2.05) is 30.3 Å². The van der Waals surface area contributed by atoms with Crippen molar-refractivity contribution < 1.29 is 29.1 Å². The second kappa shape index (κ2) is 9.94. The zero-order valence-electron chi connectivity index (χ0n) is 12.3. The van der Waals surface area contributed by atoms with Crippen LogP contribution in [0.4, 0.5) is 4.39 Å². The fourth-order valence-corrected chi connectivity index (χ4v) is 2.23. The van der Waals surface area contributed by atoms with Crippen molar-refractivity contribution in [2.45, 2.75) is 37.3 Å². The Kier molecular flexibility index (Phi) is 8.63. The number of hydrogen-bond acceptors (Lipinski definition) is 6. The summed E-state index contributed by atoms with van der Waals surface area (Å²) in [5, 5.41) is 29.0. The van der Waals surface area contributed by atoms with Crippen LogP contribution >= 0.6 is 7.80 Å². The number of nitrogens with one attached hydrogen (secondary N) is 1. The summed E-state index contributed by atoms with van der Waals surface area (Å²) < 4.78 is 24.1. The van der Waals surface area contributed by atoms with Crippen molar-refractivity contribution in [1.29, 1.82) is 0 Å². The molecule has 2 unspecified atom stereocenters. The van der Waals surface area contributed by atoms with Crippen molar-refractivity contribution in [3.8, 4) is 0 Å². The van der Waals surface area contributed by atoms with Gasteiger partial charge in [0.05, 0.1) is 25.2 Å². The molecule has 0 aliphatic carbocycles. The molecule has 5 atom stereocenters. The second-order valence-electron chi connectivity index (χ2n) is 4.96. The molecule has 0 amide bonds. The van der Waals surface area contributed by atoms with E-state index in [1.54, 1.807) is 0 Å². The normalized spacial score (nSPS) is 17.6. The number of hydrogen-bond donors (Lipinski definition) is 4. The monoisotopic (exact) mass is 334 g/mol. The molecule has 0 fully saturated rings. The van der Waals surface area contributed by atoms with Crippen molar-refractivity contribution in [3.05, 3.63) is 35.9 Å². The molecule has 0 aliphatic heterocycles. The highest BCUT2D eigenvalue weighted by Crippen LogP contribution is 2.28. The highest BCUT2D eigenvalue weighted by atomic mass is 31.1. The Bertz CT molecular complexity index is 450. The maximum absolute atomic E-state index is 13.2. The van der Waals surface area contributed by atoms with Crippen LogP contribution in [0.25, 0.3) is 0 Å². The van der Waals surface area contributed by atoms with Gasteiger partial charge in [-0.3, -0.25) is 4.84 Å². The quantitative estimate of drug-likeness (QED) is 0.289. The maximum Gasteiger partial charge on any atom is 0.371 e. The van der Waals surface area contributed by atoms with E-state index in [4.69, 9.17) is 4.84 Å². The predicted molar refractivity (Wildman–Crippen MR) is 80.3 cm³/mol. The van der Waals surface area contributed by atoms with Crippen molar-refractivity contribution in [2.24, 2.45) is 0 Å². The first-order chi connectivity index (χ1) is 10.4. The summed E-state index contributed by atoms with van der Waals surface area (Å²) in [6, 6.07) is 9.33. The average molecular weight is 334 g/mol. The third-order valence-corrected chi connectivity index (χ3v) is 4.10. The first-order valence-electron chi connectivity index (χ1n) is 6.88. The molecule has 0 radical (unpaired) electrons. The van der Waals surface area contributed by atoms with Crippen LogP contribution in [0.1, 0.15) is 12.0 Å². The summed E-state index contributed by atoms with van der Waals surface area (Å²) in [6.07, 6.45) is -4.89. The van der Waals surface area contributed by atoms with Crippen LogP contribution in [-0.4, -0.2) is 52.8 Å². The van der Waals surface area contributed by atoms with Gasteiger partial charge in [-0.15, -0.1) is 0 Å². The Hall–Kier alpha value is -0.950. The SMILES string of the molecule is C[P+](=O)C(F)C[C@@H](O)[C@@H](O)[C@@H](O)CNOCc1ccccc1. The molecule has 6 nitrogen and oxygen atoms in total. The minimum Gasteiger partial charge on any atom is -0.390 e. The molecule has 0 spiro atoms. The Morgan fingerprint density at radius 3 is 2.45 bits per heavy atom. The minimum atomic E-state index is -2.09. The molecule has 1 aromatic rings. The third kappa shape index (κ3) is 6.87. The van der Waals surface area contributed by atoms with E-state index in [9.17, 15) is 24.3 Å². The van der Waals surface area contributed by atoms with Crippen molar-refractivity contribution in [1.82, 2.24) is 5.48 Å². The lowest BCUT2D eigenvalue weighted by molar-refractivity contribution is -0.0822. The molecular formula is C14H22FNO5P+. The molecule has 4 N–H and O–H groups in total. The van der Waals surface area contributed by atoms with Crippen molar-refractivity contribution in [2.75, 3.05) is 13.2 Å². The first kappa shape index (κ1) is 19.1. The number of halogens is 1. The average Bonchev–Trinajstić information content (AvgIpc) is 2.51. The Morgan fingerprint density at radius 2 is 1.86 bits per heavy atom. The van der Waals surface area contributed by atoms with E-state index in [-0.39, 0.29) is 13.2 Å². The van der Waals surface area contributed by atoms with Gasteiger partial charge in [0.25, 0.3) is 5.91 Å². The highest BCUT2D eigenvalue weighted by Gasteiger charge is 2.33. The van der Waals surface area contributed by atoms with Gasteiger partial charge in [0.15, 0.2) is 0 Å². The summed E-state index contributed by atoms with van der Waals surface area (Å²) in [4.78, 5) is 5.12. The number of alkyl halides is 1. The smallest absolute Gasteiger partial charge is 0.371 e. The molecule has 124 valence electrons. The number of rotatable bonds is 10. The number of aliphatic hydroxyl groups is 3. The lowest BCUT2D eigenvalue weighted by atomic mass is 10.1. The molecule has 1 aromatic carbocycles. The van der Waals surface area contributed by atoms with Gasteiger partial charge in [0, 0.05) is 6.54 Å². The van der Waals surface area contributed by atoms with Gasteiger partial charge < -0.3 is 15.3 Å². The van der Waals surface area contributed by atoms with Gasteiger partial charge in [0.1, 0.15) is 12.8 Å². The van der Waals surface area contributed by atoms with Crippen LogP contribution in [0.2, 0.25) is 0 Å². The Balaban J connectivity index is 2.25. The van der Waals surface area contributed by atoms with E-state index in [1.165, 1.54) is 6.66 Å². The maximum atomic E-state index is 13.2. The topological polar surface area (TPSA) is 99.0 Å². The fraction of sp³-hybridized carbons (Fsp3) is 0.571. The van der Waals surface area contributed by atoms with Gasteiger partial charge in [-0.2, -0.15) is 9.87 Å². The van der Waals surface area contributed by atoms with Gasteiger partial charge in [-0.1, -0.05) is 34.9 Å². The van der Waals surface area contributed by atoms with E-state index >= 15 is 0 Å². The van der Waals surface area contributed by atoms with Gasteiger partial charge >= 0.3 is 7.80 Å². The second-order valence-corrected chi connectivity index (χ2v) is 6.62. The summed E-state index contributed by atoms with van der Waals surface area (Å²) in [5.74, 6) is -1.71. The van der Waals surface area contributed by atoms with Crippen LogP contribution < -0.4 is 5.48 Å². The molecule has 0 saturated heterocycles. The fourth-order valence-electron chi connectivity index (χ4n) is 1.72. The number of benzene rings is 1. The zero-order valence-corrected chi connectivity index (χ0v) is 13.2. The molecule has 0 aromatic heterocycles. The van der Waals surface area contributed by atoms with E-state index in [0.717, 1.165) is 5.56 Å². The lowest BCUT2D eigenvalue weighted by Gasteiger charge is -2.22. The van der Waals surface area contributed by atoms with E-state index < -0.39 is 38.4 Å². The van der Waals surface area contributed by atoms with E-state index in [2.05, 4.69) is 5.48 Å². The summed E-state index contributed by atoms with van der Waals surface area (Å²) in [5.41, 5.74) is 3.40. The van der Waals surface area contributed by atoms with Gasteiger partial charge in [0.2, 0.25) is 0 Å². The largest absolute Gasteiger partial charge is 0.390 e. The zero-order chi connectivity index (χ0) is 16.5. The first-order valence-corrected chi connectivity index (χ1v) is 8.66. The Labute approximate surface area is 129 Å². The van der Waals surface area contributed by atoms with Crippen LogP contribution in [0.5, 0.6) is 0 Å². The third-order valence-electron chi connectivity index (χ3n) is 3.10.